The standard InChI is InChI=1S/C18H21BrFN3O2S.HI/c1-21-18(22-10-13-4-3-5-16(19)8-13)23-11-15-9-17(20)7-6-14(15)12-26(2,24)25;/h3-9H,10-12H2,1-2H3,(H2,21,22,23);1H. The lowest BCUT2D eigenvalue weighted by Gasteiger charge is -2.14. The van der Waals surface area contributed by atoms with Crippen LogP contribution in [-0.2, 0) is 28.7 Å². The Morgan fingerprint density at radius 3 is 2.44 bits per heavy atom. The van der Waals surface area contributed by atoms with Crippen molar-refractivity contribution in [1.29, 1.82) is 0 Å². The van der Waals surface area contributed by atoms with Crippen LogP contribution in [0.3, 0.4) is 0 Å². The zero-order valence-corrected chi connectivity index (χ0v) is 19.7. The van der Waals surface area contributed by atoms with E-state index < -0.39 is 15.7 Å². The molecule has 0 aliphatic rings. The smallest absolute Gasteiger partial charge is 0.191 e. The van der Waals surface area contributed by atoms with Gasteiger partial charge in [-0.25, -0.2) is 12.8 Å². The fraction of sp³-hybridized carbons (Fsp3) is 0.278. The minimum Gasteiger partial charge on any atom is -0.352 e. The lowest BCUT2D eigenvalue weighted by Crippen LogP contribution is -2.36. The molecule has 2 aromatic carbocycles. The van der Waals surface area contributed by atoms with E-state index in [1.54, 1.807) is 7.05 Å². The monoisotopic (exact) mass is 569 g/mol. The molecule has 2 aromatic rings. The van der Waals surface area contributed by atoms with Gasteiger partial charge >= 0.3 is 0 Å². The van der Waals surface area contributed by atoms with Crippen LogP contribution < -0.4 is 10.6 Å². The second kappa shape index (κ2) is 11.0. The SMILES string of the molecule is CN=C(NCc1cccc(Br)c1)NCc1cc(F)ccc1CS(C)(=O)=O.I. The highest BCUT2D eigenvalue weighted by atomic mass is 127. The van der Waals surface area contributed by atoms with E-state index in [0.29, 0.717) is 23.6 Å². The minimum atomic E-state index is -3.21. The zero-order valence-electron chi connectivity index (χ0n) is 15.0. The van der Waals surface area contributed by atoms with Crippen molar-refractivity contribution < 1.29 is 12.8 Å². The molecule has 2 N–H and O–H groups in total. The molecule has 9 heteroatoms. The van der Waals surface area contributed by atoms with Gasteiger partial charge in [-0.2, -0.15) is 0 Å². The predicted molar refractivity (Wildman–Crippen MR) is 122 cm³/mol. The molecule has 0 aliphatic carbocycles. The first-order valence-corrected chi connectivity index (χ1v) is 10.8. The van der Waals surface area contributed by atoms with Gasteiger partial charge in [-0.15, -0.1) is 24.0 Å². The largest absolute Gasteiger partial charge is 0.352 e. The van der Waals surface area contributed by atoms with Crippen LogP contribution in [0.1, 0.15) is 16.7 Å². The van der Waals surface area contributed by atoms with Crippen molar-refractivity contribution >= 4 is 55.7 Å². The number of nitrogens with zero attached hydrogens (tertiary/aromatic N) is 1. The molecule has 0 aromatic heterocycles. The molecule has 0 bridgehead atoms. The van der Waals surface area contributed by atoms with E-state index in [2.05, 4.69) is 31.6 Å². The number of rotatable bonds is 6. The topological polar surface area (TPSA) is 70.6 Å². The van der Waals surface area contributed by atoms with E-state index in [-0.39, 0.29) is 36.3 Å². The normalized spacial score (nSPS) is 11.6. The maximum absolute atomic E-state index is 13.6. The fourth-order valence-corrected chi connectivity index (χ4v) is 3.71. The zero-order chi connectivity index (χ0) is 19.2. The maximum atomic E-state index is 13.6. The number of hydrogen-bond donors (Lipinski definition) is 2. The molecule has 0 unspecified atom stereocenters. The Bertz CT molecular complexity index is 907. The van der Waals surface area contributed by atoms with Crippen molar-refractivity contribution in [3.63, 3.8) is 0 Å². The van der Waals surface area contributed by atoms with Gasteiger partial charge in [0.1, 0.15) is 5.82 Å². The second-order valence-corrected chi connectivity index (χ2v) is 8.95. The molecular formula is C18H22BrFIN3O2S. The number of benzene rings is 2. The number of halogens is 3. The molecule has 0 spiro atoms. The molecule has 0 saturated heterocycles. The summed E-state index contributed by atoms with van der Waals surface area (Å²) in [6, 6.07) is 12.0. The van der Waals surface area contributed by atoms with Crippen molar-refractivity contribution in [2.45, 2.75) is 18.8 Å². The summed E-state index contributed by atoms with van der Waals surface area (Å²) in [6.07, 6.45) is 1.16. The van der Waals surface area contributed by atoms with E-state index in [1.165, 1.54) is 18.2 Å². The quantitative estimate of drug-likeness (QED) is 0.317. The summed E-state index contributed by atoms with van der Waals surface area (Å²) in [7, 11) is -1.57. The third-order valence-corrected chi connectivity index (χ3v) is 4.93. The van der Waals surface area contributed by atoms with E-state index in [1.807, 2.05) is 24.3 Å². The summed E-state index contributed by atoms with van der Waals surface area (Å²) >= 11 is 3.43. The lowest BCUT2D eigenvalue weighted by atomic mass is 10.1. The Kier molecular flexibility index (Phi) is 9.68. The fourth-order valence-electron chi connectivity index (χ4n) is 2.41. The van der Waals surface area contributed by atoms with Gasteiger partial charge in [-0.1, -0.05) is 34.1 Å². The minimum absolute atomic E-state index is 0. The summed E-state index contributed by atoms with van der Waals surface area (Å²) in [5, 5.41) is 6.26. The second-order valence-electron chi connectivity index (χ2n) is 5.89. The molecule has 0 saturated carbocycles. The molecule has 0 radical (unpaired) electrons. The molecule has 0 fully saturated rings. The van der Waals surface area contributed by atoms with Gasteiger partial charge in [0.15, 0.2) is 15.8 Å². The van der Waals surface area contributed by atoms with E-state index in [0.717, 1.165) is 16.3 Å². The van der Waals surface area contributed by atoms with Gasteiger partial charge in [0, 0.05) is 30.9 Å². The third kappa shape index (κ3) is 8.56. The molecule has 27 heavy (non-hydrogen) atoms. The van der Waals surface area contributed by atoms with Crippen molar-refractivity contribution in [1.82, 2.24) is 10.6 Å². The number of aliphatic imine (C=N–C) groups is 1. The number of nitrogens with one attached hydrogen (secondary N) is 2. The summed E-state index contributed by atoms with van der Waals surface area (Å²) in [4.78, 5) is 4.14. The Morgan fingerprint density at radius 1 is 1.11 bits per heavy atom. The Hall–Kier alpha value is -1.20. The molecule has 2 rings (SSSR count). The average Bonchev–Trinajstić information content (AvgIpc) is 2.56. The first-order valence-electron chi connectivity index (χ1n) is 7.91. The molecule has 5 nitrogen and oxygen atoms in total. The van der Waals surface area contributed by atoms with Crippen molar-refractivity contribution in [2.75, 3.05) is 13.3 Å². The van der Waals surface area contributed by atoms with Crippen molar-refractivity contribution in [3.8, 4) is 0 Å². The number of sulfone groups is 1. The summed E-state index contributed by atoms with van der Waals surface area (Å²) < 4.78 is 37.7. The van der Waals surface area contributed by atoms with E-state index in [4.69, 9.17) is 0 Å². The van der Waals surface area contributed by atoms with Gasteiger partial charge in [-0.05, 0) is 41.0 Å². The van der Waals surface area contributed by atoms with Gasteiger partial charge in [-0.3, -0.25) is 4.99 Å². The first kappa shape index (κ1) is 23.8. The molecular weight excluding hydrogens is 548 g/mol. The van der Waals surface area contributed by atoms with E-state index in [9.17, 15) is 12.8 Å². The highest BCUT2D eigenvalue weighted by molar-refractivity contribution is 14.0. The van der Waals surface area contributed by atoms with Crippen LogP contribution in [0.15, 0.2) is 51.9 Å². The molecule has 0 heterocycles. The molecule has 0 amide bonds. The van der Waals surface area contributed by atoms with Crippen LogP contribution in [0, 0.1) is 5.82 Å². The Balaban J connectivity index is 0.00000364. The first-order chi connectivity index (χ1) is 12.3. The summed E-state index contributed by atoms with van der Waals surface area (Å²) in [5.41, 5.74) is 2.23. The third-order valence-electron chi connectivity index (χ3n) is 3.60. The Morgan fingerprint density at radius 2 is 1.81 bits per heavy atom. The molecule has 148 valence electrons. The summed E-state index contributed by atoms with van der Waals surface area (Å²) in [5.74, 6) is 0.00429. The van der Waals surface area contributed by atoms with Crippen LogP contribution in [0.2, 0.25) is 0 Å². The maximum Gasteiger partial charge on any atom is 0.191 e. The van der Waals surface area contributed by atoms with Gasteiger partial charge in [0.2, 0.25) is 0 Å². The van der Waals surface area contributed by atoms with Gasteiger partial charge < -0.3 is 10.6 Å². The van der Waals surface area contributed by atoms with E-state index >= 15 is 0 Å². The highest BCUT2D eigenvalue weighted by Gasteiger charge is 2.11. The van der Waals surface area contributed by atoms with Crippen molar-refractivity contribution in [2.24, 2.45) is 4.99 Å². The van der Waals surface area contributed by atoms with Crippen LogP contribution in [0.4, 0.5) is 4.39 Å². The molecule has 0 aliphatic heterocycles. The lowest BCUT2D eigenvalue weighted by molar-refractivity contribution is 0.599. The predicted octanol–water partition coefficient (Wildman–Crippen LogP) is 3.62. The highest BCUT2D eigenvalue weighted by Crippen LogP contribution is 2.14. The Labute approximate surface area is 184 Å². The van der Waals surface area contributed by atoms with Crippen LogP contribution in [0.5, 0.6) is 0 Å². The average molecular weight is 570 g/mol. The van der Waals surface area contributed by atoms with Crippen molar-refractivity contribution in [3.05, 3.63) is 69.4 Å². The van der Waals surface area contributed by atoms with Gasteiger partial charge in [0.25, 0.3) is 0 Å². The summed E-state index contributed by atoms with van der Waals surface area (Å²) in [6.45, 7) is 0.833. The van der Waals surface area contributed by atoms with Crippen LogP contribution in [0.25, 0.3) is 0 Å². The van der Waals surface area contributed by atoms with Crippen LogP contribution >= 0.6 is 39.9 Å². The van der Waals surface area contributed by atoms with Gasteiger partial charge in [0.05, 0.1) is 5.75 Å². The molecule has 0 atom stereocenters. The number of guanidine groups is 1. The van der Waals surface area contributed by atoms with Crippen LogP contribution in [-0.4, -0.2) is 27.7 Å². The number of hydrogen-bond acceptors (Lipinski definition) is 3.